The molecule has 0 atom stereocenters. The van der Waals surface area contributed by atoms with Gasteiger partial charge in [-0.15, -0.1) is 0 Å². The lowest BCUT2D eigenvalue weighted by molar-refractivity contribution is 0.162. The van der Waals surface area contributed by atoms with Crippen molar-refractivity contribution in [3.05, 3.63) is 18.3 Å². The number of piperazine rings is 1. The zero-order valence-corrected chi connectivity index (χ0v) is 15.9. The predicted molar refractivity (Wildman–Crippen MR) is 105 cm³/mol. The summed E-state index contributed by atoms with van der Waals surface area (Å²) in [4.78, 5) is 23.5. The van der Waals surface area contributed by atoms with Gasteiger partial charge in [0.15, 0.2) is 0 Å². The Morgan fingerprint density at radius 2 is 1.74 bits per heavy atom. The van der Waals surface area contributed by atoms with E-state index in [1.165, 1.54) is 25.7 Å². The number of nitrogens with zero attached hydrogens (tertiary/aromatic N) is 4. The third-order valence-corrected chi connectivity index (χ3v) is 6.19. The van der Waals surface area contributed by atoms with Crippen LogP contribution in [0.2, 0.25) is 0 Å². The van der Waals surface area contributed by atoms with Crippen molar-refractivity contribution in [3.63, 3.8) is 0 Å². The van der Waals surface area contributed by atoms with Gasteiger partial charge >= 0.3 is 6.03 Å². The van der Waals surface area contributed by atoms with Crippen LogP contribution < -0.4 is 10.2 Å². The normalized spacial score (nSPS) is 23.0. The highest BCUT2D eigenvalue weighted by atomic mass is 19.1. The molecule has 4 rings (SSSR count). The van der Waals surface area contributed by atoms with Crippen LogP contribution in [0, 0.1) is 0 Å². The molecular weight excluding hydrogens is 345 g/mol. The van der Waals surface area contributed by atoms with Crippen molar-refractivity contribution in [2.45, 2.75) is 50.7 Å². The highest BCUT2D eigenvalue weighted by Crippen LogP contribution is 2.26. The van der Waals surface area contributed by atoms with Gasteiger partial charge in [0.2, 0.25) is 0 Å². The fourth-order valence-electron chi connectivity index (χ4n) is 4.51. The van der Waals surface area contributed by atoms with Crippen LogP contribution in [0.4, 0.5) is 20.7 Å². The number of amides is 2. The van der Waals surface area contributed by atoms with E-state index < -0.39 is 6.17 Å². The molecule has 1 aliphatic carbocycles. The quantitative estimate of drug-likeness (QED) is 0.882. The van der Waals surface area contributed by atoms with Crippen LogP contribution in [-0.2, 0) is 0 Å². The first kappa shape index (κ1) is 18.5. The Morgan fingerprint density at radius 3 is 2.44 bits per heavy atom. The number of nitrogens with one attached hydrogen (secondary N) is 1. The molecular formula is C20H30FN5O. The maximum absolute atomic E-state index is 13.3. The van der Waals surface area contributed by atoms with Crippen LogP contribution in [-0.4, -0.2) is 72.3 Å². The minimum absolute atomic E-state index is 0.148. The molecule has 6 nitrogen and oxygen atoms in total. The lowest BCUT2D eigenvalue weighted by Crippen LogP contribution is -2.50. The number of rotatable bonds is 3. The molecule has 148 valence electrons. The van der Waals surface area contributed by atoms with E-state index in [-0.39, 0.29) is 6.03 Å². The molecule has 3 heterocycles. The van der Waals surface area contributed by atoms with E-state index in [4.69, 9.17) is 0 Å². The minimum atomic E-state index is -0.774. The van der Waals surface area contributed by atoms with Crippen LogP contribution in [0.5, 0.6) is 0 Å². The number of halogens is 1. The average Bonchev–Trinajstić information content (AvgIpc) is 3.24. The first-order valence-corrected chi connectivity index (χ1v) is 10.3. The van der Waals surface area contributed by atoms with Gasteiger partial charge in [0, 0.05) is 63.3 Å². The van der Waals surface area contributed by atoms with E-state index in [2.05, 4.69) is 20.1 Å². The van der Waals surface area contributed by atoms with Crippen molar-refractivity contribution in [2.24, 2.45) is 0 Å². The van der Waals surface area contributed by atoms with Gasteiger partial charge < -0.3 is 15.1 Å². The number of urea groups is 1. The van der Waals surface area contributed by atoms with E-state index in [1.807, 2.05) is 12.1 Å². The molecule has 1 aromatic rings. The third kappa shape index (κ3) is 4.51. The smallest absolute Gasteiger partial charge is 0.321 e. The Kier molecular flexibility index (Phi) is 5.76. The largest absolute Gasteiger partial charge is 0.354 e. The van der Waals surface area contributed by atoms with Gasteiger partial charge in [-0.25, -0.2) is 14.2 Å². The first-order valence-electron chi connectivity index (χ1n) is 10.3. The third-order valence-electron chi connectivity index (χ3n) is 6.19. The molecule has 2 amide bonds. The topological polar surface area (TPSA) is 51.7 Å². The van der Waals surface area contributed by atoms with Crippen molar-refractivity contribution >= 4 is 17.5 Å². The second-order valence-corrected chi connectivity index (χ2v) is 7.96. The number of carbonyl (C=O) groups excluding carboxylic acids is 1. The number of carbonyl (C=O) groups is 1. The van der Waals surface area contributed by atoms with Crippen molar-refractivity contribution in [1.29, 1.82) is 0 Å². The zero-order chi connectivity index (χ0) is 18.6. The Bertz CT molecular complexity index is 635. The fourth-order valence-corrected chi connectivity index (χ4v) is 4.51. The average molecular weight is 375 g/mol. The number of alkyl halides is 1. The summed E-state index contributed by atoms with van der Waals surface area (Å²) in [6.07, 6.45) is 7.28. The van der Waals surface area contributed by atoms with Gasteiger partial charge in [0.05, 0.1) is 0 Å². The van der Waals surface area contributed by atoms with E-state index in [9.17, 15) is 9.18 Å². The number of pyridine rings is 1. The molecule has 0 aromatic carbocycles. The Morgan fingerprint density at radius 1 is 1.04 bits per heavy atom. The highest BCUT2D eigenvalue weighted by Gasteiger charge is 2.27. The van der Waals surface area contributed by atoms with E-state index in [1.54, 1.807) is 11.1 Å². The van der Waals surface area contributed by atoms with E-state index in [0.717, 1.165) is 43.7 Å². The van der Waals surface area contributed by atoms with Gasteiger partial charge in [-0.05, 0) is 31.7 Å². The molecule has 3 fully saturated rings. The van der Waals surface area contributed by atoms with Crippen LogP contribution in [0.15, 0.2) is 18.3 Å². The zero-order valence-electron chi connectivity index (χ0n) is 15.9. The van der Waals surface area contributed by atoms with Crippen molar-refractivity contribution in [2.75, 3.05) is 49.5 Å². The number of piperidine rings is 1. The Labute approximate surface area is 160 Å². The molecule has 0 spiro atoms. The summed E-state index contributed by atoms with van der Waals surface area (Å²) in [7, 11) is 0. The van der Waals surface area contributed by atoms with Crippen molar-refractivity contribution in [1.82, 2.24) is 14.8 Å². The summed E-state index contributed by atoms with van der Waals surface area (Å²) < 4.78 is 13.3. The summed E-state index contributed by atoms with van der Waals surface area (Å²) in [6.45, 7) is 5.08. The molecule has 1 aromatic heterocycles. The minimum Gasteiger partial charge on any atom is -0.354 e. The van der Waals surface area contributed by atoms with Gasteiger partial charge in [0.1, 0.15) is 12.0 Å². The molecule has 2 saturated heterocycles. The summed E-state index contributed by atoms with van der Waals surface area (Å²) in [6, 6.07) is 4.40. The molecule has 3 aliphatic rings. The molecule has 1 N–H and O–H groups in total. The summed E-state index contributed by atoms with van der Waals surface area (Å²) >= 11 is 0. The van der Waals surface area contributed by atoms with Crippen LogP contribution in [0.25, 0.3) is 0 Å². The monoisotopic (exact) mass is 375 g/mol. The van der Waals surface area contributed by atoms with Crippen LogP contribution >= 0.6 is 0 Å². The second kappa shape index (κ2) is 8.42. The van der Waals surface area contributed by atoms with Gasteiger partial charge in [-0.2, -0.15) is 0 Å². The Hall–Kier alpha value is -1.89. The molecule has 0 unspecified atom stereocenters. The maximum Gasteiger partial charge on any atom is 0.321 e. The number of likely N-dealkylation sites (tertiary alicyclic amines) is 1. The van der Waals surface area contributed by atoms with E-state index in [0.29, 0.717) is 25.9 Å². The molecule has 2 aliphatic heterocycles. The Balaban J connectivity index is 1.32. The molecule has 1 saturated carbocycles. The number of hydrogen-bond donors (Lipinski definition) is 1. The standard InChI is InChI=1S/C20H30FN5O/c21-16-6-9-26(10-7-16)20(27)23-17-5-8-22-19(15-17)25-13-11-24(12-14-25)18-3-1-2-4-18/h5,8,15-16,18H,1-4,6-7,9-14H2,(H,22,23,27). The summed E-state index contributed by atoms with van der Waals surface area (Å²) in [5.74, 6) is 0.918. The summed E-state index contributed by atoms with van der Waals surface area (Å²) in [5.41, 5.74) is 0.755. The number of anilines is 2. The molecule has 0 radical (unpaired) electrons. The molecule has 7 heteroatoms. The van der Waals surface area contributed by atoms with Gasteiger partial charge in [-0.1, -0.05) is 12.8 Å². The van der Waals surface area contributed by atoms with Crippen molar-refractivity contribution in [3.8, 4) is 0 Å². The van der Waals surface area contributed by atoms with Crippen molar-refractivity contribution < 1.29 is 9.18 Å². The fraction of sp³-hybridized carbons (Fsp3) is 0.700. The van der Waals surface area contributed by atoms with Crippen LogP contribution in [0.1, 0.15) is 38.5 Å². The van der Waals surface area contributed by atoms with Gasteiger partial charge in [-0.3, -0.25) is 4.90 Å². The lowest BCUT2D eigenvalue weighted by atomic mass is 10.1. The summed E-state index contributed by atoms with van der Waals surface area (Å²) in [5, 5.41) is 2.95. The lowest BCUT2D eigenvalue weighted by Gasteiger charge is -2.38. The predicted octanol–water partition coefficient (Wildman–Crippen LogP) is 3.11. The molecule has 0 bridgehead atoms. The maximum atomic E-state index is 13.3. The van der Waals surface area contributed by atoms with E-state index >= 15 is 0 Å². The number of hydrogen-bond acceptors (Lipinski definition) is 4. The molecule has 27 heavy (non-hydrogen) atoms. The first-order chi connectivity index (χ1) is 13.2. The SMILES string of the molecule is O=C(Nc1ccnc(N2CCN(C3CCCC3)CC2)c1)N1CCC(F)CC1. The van der Waals surface area contributed by atoms with Gasteiger partial charge in [0.25, 0.3) is 0 Å². The number of aromatic nitrogens is 1. The highest BCUT2D eigenvalue weighted by molar-refractivity contribution is 5.89. The van der Waals surface area contributed by atoms with Crippen LogP contribution in [0.3, 0.4) is 0 Å². The second-order valence-electron chi connectivity index (χ2n) is 7.96.